The number of aromatic nitrogens is 4. The third-order valence-electron chi connectivity index (χ3n) is 6.38. The van der Waals surface area contributed by atoms with Crippen LogP contribution in [0.2, 0.25) is 0 Å². The van der Waals surface area contributed by atoms with Gasteiger partial charge in [-0.2, -0.15) is 0 Å². The number of nitrogens with zero attached hydrogens (tertiary/aromatic N) is 4. The van der Waals surface area contributed by atoms with Crippen LogP contribution in [-0.4, -0.2) is 19.4 Å². The summed E-state index contributed by atoms with van der Waals surface area (Å²) < 4.78 is 8.55. The molecule has 0 aliphatic heterocycles. The molecule has 0 unspecified atom stereocenters. The second-order valence-electron chi connectivity index (χ2n) is 8.47. The Morgan fingerprint density at radius 2 is 1.68 bits per heavy atom. The van der Waals surface area contributed by atoms with Crippen LogP contribution >= 0.6 is 0 Å². The van der Waals surface area contributed by atoms with E-state index in [-0.39, 0.29) is 0 Å². The van der Waals surface area contributed by atoms with Crippen molar-refractivity contribution in [2.75, 3.05) is 0 Å². The first-order chi connectivity index (χ1) is 16.8. The highest BCUT2D eigenvalue weighted by atomic mass is 16.5. The standard InChI is InChI=1S/C29H20N4O/c1-2-11-26-25(10-1)32-29-23-18-21(13-14-22(23)28-27(33(26)29)12-6-16-31-28)34-20-8-5-7-19(17-20)24-9-3-4-15-30-24/h1-4,6,8-18H,5,7H2. The lowest BCUT2D eigenvalue weighted by Crippen LogP contribution is -2.00. The monoisotopic (exact) mass is 440 g/mol. The molecule has 7 rings (SSSR count). The van der Waals surface area contributed by atoms with Crippen LogP contribution in [0.3, 0.4) is 0 Å². The van der Waals surface area contributed by atoms with Gasteiger partial charge in [0.1, 0.15) is 17.2 Å². The summed E-state index contributed by atoms with van der Waals surface area (Å²) in [5.41, 5.74) is 7.13. The molecule has 4 heterocycles. The SMILES string of the molecule is C1=C(Oc2ccc3c(c2)c2nc4ccccc4n2c2cccnc32)C=C(c2ccccn2)CC1. The lowest BCUT2D eigenvalue weighted by Gasteiger charge is -2.15. The molecule has 6 aromatic rings. The number of fused-ring (bicyclic) bond motifs is 8. The summed E-state index contributed by atoms with van der Waals surface area (Å²) in [5, 5.41) is 2.08. The highest BCUT2D eigenvalue weighted by Crippen LogP contribution is 2.34. The van der Waals surface area contributed by atoms with E-state index in [1.807, 2.05) is 60.9 Å². The van der Waals surface area contributed by atoms with E-state index in [0.29, 0.717) is 0 Å². The van der Waals surface area contributed by atoms with Gasteiger partial charge in [-0.25, -0.2) is 4.98 Å². The molecule has 0 saturated carbocycles. The first-order valence-corrected chi connectivity index (χ1v) is 11.4. The summed E-state index contributed by atoms with van der Waals surface area (Å²) >= 11 is 0. The molecule has 0 atom stereocenters. The summed E-state index contributed by atoms with van der Waals surface area (Å²) in [4.78, 5) is 14.2. The van der Waals surface area contributed by atoms with Gasteiger partial charge in [0.2, 0.25) is 0 Å². The van der Waals surface area contributed by atoms with Gasteiger partial charge in [-0.3, -0.25) is 14.4 Å². The smallest absolute Gasteiger partial charge is 0.146 e. The largest absolute Gasteiger partial charge is 0.458 e. The quantitative estimate of drug-likeness (QED) is 0.287. The minimum absolute atomic E-state index is 0.779. The van der Waals surface area contributed by atoms with Crippen LogP contribution in [0.5, 0.6) is 5.75 Å². The predicted octanol–water partition coefficient (Wildman–Crippen LogP) is 6.72. The third-order valence-corrected chi connectivity index (χ3v) is 6.38. The zero-order valence-corrected chi connectivity index (χ0v) is 18.3. The molecule has 5 heteroatoms. The predicted molar refractivity (Wildman–Crippen MR) is 136 cm³/mol. The molecule has 1 aliphatic carbocycles. The molecule has 162 valence electrons. The molecular weight excluding hydrogens is 420 g/mol. The fourth-order valence-electron chi connectivity index (χ4n) is 4.85. The number of imidazole rings is 1. The average Bonchev–Trinajstić information content (AvgIpc) is 3.30. The van der Waals surface area contributed by atoms with E-state index in [1.165, 1.54) is 5.57 Å². The van der Waals surface area contributed by atoms with Gasteiger partial charge in [0.05, 0.1) is 27.8 Å². The summed E-state index contributed by atoms with van der Waals surface area (Å²) in [6.45, 7) is 0. The molecule has 0 spiro atoms. The van der Waals surface area contributed by atoms with Gasteiger partial charge in [-0.15, -0.1) is 0 Å². The van der Waals surface area contributed by atoms with E-state index in [2.05, 4.69) is 45.8 Å². The van der Waals surface area contributed by atoms with Crippen LogP contribution in [0.15, 0.2) is 103 Å². The molecule has 1 aliphatic rings. The lowest BCUT2D eigenvalue weighted by molar-refractivity contribution is 0.440. The molecule has 0 fully saturated rings. The van der Waals surface area contributed by atoms with Crippen molar-refractivity contribution in [3.05, 3.63) is 109 Å². The van der Waals surface area contributed by atoms with Crippen molar-refractivity contribution in [3.63, 3.8) is 0 Å². The average molecular weight is 441 g/mol. The van der Waals surface area contributed by atoms with Crippen LogP contribution in [0.4, 0.5) is 0 Å². The van der Waals surface area contributed by atoms with Crippen molar-refractivity contribution in [2.45, 2.75) is 12.8 Å². The van der Waals surface area contributed by atoms with Crippen LogP contribution in [0.25, 0.3) is 44.1 Å². The third kappa shape index (κ3) is 2.98. The molecule has 0 N–H and O–H groups in total. The topological polar surface area (TPSA) is 52.3 Å². The van der Waals surface area contributed by atoms with Crippen molar-refractivity contribution in [3.8, 4) is 5.75 Å². The van der Waals surface area contributed by atoms with Crippen molar-refractivity contribution < 1.29 is 4.74 Å². The Bertz CT molecular complexity index is 1780. The van der Waals surface area contributed by atoms with Gasteiger partial charge in [0, 0.05) is 23.2 Å². The highest BCUT2D eigenvalue weighted by molar-refractivity contribution is 6.12. The molecule has 2 aromatic carbocycles. The van der Waals surface area contributed by atoms with Crippen molar-refractivity contribution in [1.29, 1.82) is 0 Å². The Morgan fingerprint density at radius 3 is 2.62 bits per heavy atom. The molecule has 0 bridgehead atoms. The van der Waals surface area contributed by atoms with Gasteiger partial charge in [-0.05, 0) is 85.2 Å². The lowest BCUT2D eigenvalue weighted by atomic mass is 10.0. The van der Waals surface area contributed by atoms with Crippen molar-refractivity contribution >= 4 is 44.1 Å². The number of hydrogen-bond donors (Lipinski definition) is 0. The number of hydrogen-bond acceptors (Lipinski definition) is 4. The zero-order valence-electron chi connectivity index (χ0n) is 18.3. The number of ether oxygens (including phenoxy) is 1. The van der Waals surface area contributed by atoms with E-state index >= 15 is 0 Å². The number of allylic oxidation sites excluding steroid dienone is 3. The van der Waals surface area contributed by atoms with Crippen LogP contribution in [0, 0.1) is 0 Å². The fraction of sp³-hybridized carbons (Fsp3) is 0.0690. The molecule has 0 amide bonds. The normalized spacial score (nSPS) is 14.0. The Morgan fingerprint density at radius 1 is 0.794 bits per heavy atom. The van der Waals surface area contributed by atoms with Crippen molar-refractivity contribution in [2.24, 2.45) is 0 Å². The summed E-state index contributed by atoms with van der Waals surface area (Å²) in [6.07, 6.45) is 9.79. The first kappa shape index (κ1) is 19.0. The van der Waals surface area contributed by atoms with Crippen molar-refractivity contribution in [1.82, 2.24) is 19.4 Å². The summed E-state index contributed by atoms with van der Waals surface area (Å²) in [7, 11) is 0. The number of para-hydroxylation sites is 2. The fourth-order valence-corrected chi connectivity index (χ4v) is 4.85. The number of benzene rings is 2. The van der Waals surface area contributed by atoms with Crippen LogP contribution < -0.4 is 4.74 Å². The van der Waals surface area contributed by atoms with E-state index in [0.717, 1.165) is 68.5 Å². The maximum atomic E-state index is 6.35. The van der Waals surface area contributed by atoms with E-state index in [9.17, 15) is 0 Å². The van der Waals surface area contributed by atoms with Crippen LogP contribution in [-0.2, 0) is 0 Å². The zero-order chi connectivity index (χ0) is 22.5. The van der Waals surface area contributed by atoms with E-state index < -0.39 is 0 Å². The van der Waals surface area contributed by atoms with Gasteiger partial charge < -0.3 is 4.74 Å². The second kappa shape index (κ2) is 7.52. The maximum Gasteiger partial charge on any atom is 0.146 e. The highest BCUT2D eigenvalue weighted by Gasteiger charge is 2.16. The van der Waals surface area contributed by atoms with E-state index in [1.54, 1.807) is 0 Å². The number of rotatable bonds is 3. The Kier molecular flexibility index (Phi) is 4.21. The summed E-state index contributed by atoms with van der Waals surface area (Å²) in [5.74, 6) is 1.62. The van der Waals surface area contributed by atoms with Crippen LogP contribution in [0.1, 0.15) is 18.5 Å². The number of pyridine rings is 3. The molecule has 0 saturated heterocycles. The maximum absolute atomic E-state index is 6.35. The van der Waals surface area contributed by atoms with Gasteiger partial charge in [0.25, 0.3) is 0 Å². The second-order valence-corrected chi connectivity index (χ2v) is 8.47. The molecule has 4 aromatic heterocycles. The first-order valence-electron chi connectivity index (χ1n) is 11.4. The molecule has 34 heavy (non-hydrogen) atoms. The Balaban J connectivity index is 1.39. The van der Waals surface area contributed by atoms with Gasteiger partial charge >= 0.3 is 0 Å². The minimum atomic E-state index is 0.779. The van der Waals surface area contributed by atoms with Gasteiger partial charge in [0.15, 0.2) is 0 Å². The molecular formula is C29H20N4O. The molecule has 5 nitrogen and oxygen atoms in total. The molecule has 0 radical (unpaired) electrons. The minimum Gasteiger partial charge on any atom is -0.458 e. The Hall–Kier alpha value is -4.51. The van der Waals surface area contributed by atoms with Gasteiger partial charge in [-0.1, -0.05) is 18.2 Å². The Labute approximate surface area is 195 Å². The summed E-state index contributed by atoms with van der Waals surface area (Å²) in [6, 6.07) is 24.5. The van der Waals surface area contributed by atoms with E-state index in [4.69, 9.17) is 14.7 Å².